The molecule has 0 spiro atoms. The van der Waals surface area contributed by atoms with Gasteiger partial charge in [-0.2, -0.15) is 8.42 Å². The van der Waals surface area contributed by atoms with E-state index in [1.54, 1.807) is 58.3 Å². The molecule has 1 heterocycles. The van der Waals surface area contributed by atoms with Crippen LogP contribution in [0.1, 0.15) is 21.5 Å². The first kappa shape index (κ1) is 33.6. The van der Waals surface area contributed by atoms with Gasteiger partial charge in [0, 0.05) is 50.3 Å². The highest BCUT2D eigenvalue weighted by molar-refractivity contribution is 7.87. The minimum absolute atomic E-state index is 0.00310. The molecule has 1 aliphatic heterocycles. The number of alkyl carbamates (subject to hydrolysis) is 1. The summed E-state index contributed by atoms with van der Waals surface area (Å²) >= 11 is 0. The summed E-state index contributed by atoms with van der Waals surface area (Å²) in [6.45, 7) is 1.17. The molecule has 0 aromatic heterocycles. The van der Waals surface area contributed by atoms with E-state index in [1.165, 1.54) is 12.1 Å². The molecule has 1 fully saturated rings. The van der Waals surface area contributed by atoms with Crippen LogP contribution in [0.25, 0.3) is 0 Å². The lowest BCUT2D eigenvalue weighted by atomic mass is 10.0. The topological polar surface area (TPSA) is 165 Å². The molecule has 1 atom stereocenters. The molecule has 48 heavy (non-hydrogen) atoms. The third-order valence-electron chi connectivity index (χ3n) is 7.61. The molecule has 3 amide bonds. The number of nitrogens with zero attached hydrogens (tertiary/aromatic N) is 3. The molecule has 1 N–H and O–H groups in total. The molecule has 0 saturated carbocycles. The van der Waals surface area contributed by atoms with Crippen LogP contribution >= 0.6 is 0 Å². The fraction of sp³-hybridized carbons (Fsp3) is 0.206. The number of nitro groups is 1. The second-order valence-corrected chi connectivity index (χ2v) is 12.4. The van der Waals surface area contributed by atoms with Crippen molar-refractivity contribution in [3.8, 4) is 5.75 Å². The highest BCUT2D eigenvalue weighted by atomic mass is 32.2. The van der Waals surface area contributed by atoms with Gasteiger partial charge in [0.25, 0.3) is 11.6 Å². The van der Waals surface area contributed by atoms with Crippen molar-refractivity contribution in [3.05, 3.63) is 136 Å². The zero-order valence-corrected chi connectivity index (χ0v) is 26.5. The van der Waals surface area contributed by atoms with Crippen LogP contribution in [0.3, 0.4) is 0 Å². The van der Waals surface area contributed by atoms with Crippen molar-refractivity contribution in [1.29, 1.82) is 0 Å². The molecular weight excluding hydrogens is 640 g/mol. The van der Waals surface area contributed by atoms with Crippen molar-refractivity contribution in [2.75, 3.05) is 26.2 Å². The first-order valence-corrected chi connectivity index (χ1v) is 16.4. The van der Waals surface area contributed by atoms with E-state index in [2.05, 4.69) is 5.32 Å². The van der Waals surface area contributed by atoms with Crippen molar-refractivity contribution in [2.24, 2.45) is 0 Å². The van der Waals surface area contributed by atoms with Crippen LogP contribution in [0.5, 0.6) is 5.75 Å². The SMILES string of the molecule is O=C(N[C@@H](Cc1ccc(OS(=O)(=O)c2ccc([N+](=O)[O-])cc2)cc1)C(=O)N1CCN(C(=O)c2ccccc2)CC1)OCc1ccccc1. The summed E-state index contributed by atoms with van der Waals surface area (Å²) in [6.07, 6.45) is -0.734. The Morgan fingerprint density at radius 1 is 0.771 bits per heavy atom. The smallest absolute Gasteiger partial charge is 0.408 e. The van der Waals surface area contributed by atoms with E-state index in [0.717, 1.165) is 29.8 Å². The van der Waals surface area contributed by atoms with Gasteiger partial charge in [0.1, 0.15) is 23.3 Å². The molecule has 1 saturated heterocycles. The van der Waals surface area contributed by atoms with Gasteiger partial charge in [0.2, 0.25) is 5.91 Å². The molecule has 4 aromatic carbocycles. The summed E-state index contributed by atoms with van der Waals surface area (Å²) in [6, 6.07) is 27.2. The van der Waals surface area contributed by atoms with E-state index < -0.39 is 27.2 Å². The van der Waals surface area contributed by atoms with Crippen molar-refractivity contribution < 1.29 is 36.6 Å². The molecule has 14 heteroatoms. The number of hydrogen-bond acceptors (Lipinski definition) is 9. The van der Waals surface area contributed by atoms with Gasteiger partial charge >= 0.3 is 16.2 Å². The Bertz CT molecular complexity index is 1850. The first-order valence-electron chi connectivity index (χ1n) is 15.0. The Balaban J connectivity index is 1.25. The lowest BCUT2D eigenvalue weighted by Gasteiger charge is -2.36. The number of non-ortho nitro benzene ring substituents is 1. The summed E-state index contributed by atoms with van der Waals surface area (Å²) in [4.78, 5) is 52.7. The Morgan fingerprint density at radius 2 is 1.35 bits per heavy atom. The number of ether oxygens (including phenoxy) is 1. The Kier molecular flexibility index (Phi) is 10.7. The molecule has 5 rings (SSSR count). The van der Waals surface area contributed by atoms with Crippen LogP contribution in [-0.4, -0.2) is 73.3 Å². The third kappa shape index (κ3) is 8.73. The van der Waals surface area contributed by atoms with Gasteiger partial charge in [-0.05, 0) is 47.5 Å². The summed E-state index contributed by atoms with van der Waals surface area (Å²) < 4.78 is 36.0. The van der Waals surface area contributed by atoms with Gasteiger partial charge in [0.05, 0.1) is 4.92 Å². The summed E-state index contributed by atoms with van der Waals surface area (Å²) in [5.41, 5.74) is 1.66. The molecule has 0 bridgehead atoms. The Hall–Kier alpha value is -5.76. The Morgan fingerprint density at radius 3 is 1.96 bits per heavy atom. The standard InChI is InChI=1S/C34H32N4O9S/c39-32(27-9-5-2-6-10-27)36-19-21-37(22-20-36)33(40)31(35-34(41)46-24-26-7-3-1-4-8-26)23-25-11-15-29(16-12-25)47-48(44,45)30-17-13-28(14-18-30)38(42)43/h1-18,31H,19-24H2,(H,35,41)/t31-/m0/s1. The van der Waals surface area contributed by atoms with E-state index in [1.807, 2.05) is 24.3 Å². The number of piperazine rings is 1. The maximum atomic E-state index is 13.7. The van der Waals surface area contributed by atoms with Crippen molar-refractivity contribution in [3.63, 3.8) is 0 Å². The molecule has 248 valence electrons. The maximum Gasteiger partial charge on any atom is 0.408 e. The van der Waals surface area contributed by atoms with E-state index in [0.29, 0.717) is 24.2 Å². The maximum absolute atomic E-state index is 13.7. The van der Waals surface area contributed by atoms with Gasteiger partial charge in [0.15, 0.2) is 0 Å². The first-order chi connectivity index (χ1) is 23.1. The minimum atomic E-state index is -4.28. The highest BCUT2D eigenvalue weighted by Crippen LogP contribution is 2.22. The minimum Gasteiger partial charge on any atom is -0.445 e. The van der Waals surface area contributed by atoms with Crippen LogP contribution in [0.2, 0.25) is 0 Å². The van der Waals surface area contributed by atoms with Gasteiger partial charge in [-0.3, -0.25) is 19.7 Å². The zero-order valence-electron chi connectivity index (χ0n) is 25.6. The second kappa shape index (κ2) is 15.2. The predicted molar refractivity (Wildman–Crippen MR) is 174 cm³/mol. The number of nitro benzene ring substituents is 1. The van der Waals surface area contributed by atoms with Crippen LogP contribution in [0.15, 0.2) is 114 Å². The van der Waals surface area contributed by atoms with E-state index >= 15 is 0 Å². The monoisotopic (exact) mass is 672 g/mol. The highest BCUT2D eigenvalue weighted by Gasteiger charge is 2.31. The molecular formula is C34H32N4O9S. The average molecular weight is 673 g/mol. The zero-order chi connectivity index (χ0) is 34.1. The third-order valence-corrected chi connectivity index (χ3v) is 8.87. The number of carbonyl (C=O) groups is 3. The summed E-state index contributed by atoms with van der Waals surface area (Å²) in [5, 5.41) is 13.6. The van der Waals surface area contributed by atoms with E-state index in [4.69, 9.17) is 8.92 Å². The lowest BCUT2D eigenvalue weighted by Crippen LogP contribution is -2.56. The van der Waals surface area contributed by atoms with Crippen LogP contribution in [-0.2, 0) is 32.7 Å². The van der Waals surface area contributed by atoms with Gasteiger partial charge in [-0.1, -0.05) is 60.7 Å². The number of hydrogen-bond donors (Lipinski definition) is 1. The quantitative estimate of drug-likeness (QED) is 0.140. The normalized spacial score (nSPS) is 13.7. The van der Waals surface area contributed by atoms with E-state index in [9.17, 15) is 32.9 Å². The van der Waals surface area contributed by atoms with Crippen LogP contribution in [0.4, 0.5) is 10.5 Å². The van der Waals surface area contributed by atoms with Gasteiger partial charge < -0.3 is 24.0 Å². The lowest BCUT2D eigenvalue weighted by molar-refractivity contribution is -0.384. The van der Waals surface area contributed by atoms with Crippen molar-refractivity contribution in [1.82, 2.24) is 15.1 Å². The van der Waals surface area contributed by atoms with Crippen LogP contribution < -0.4 is 9.50 Å². The fourth-order valence-electron chi connectivity index (χ4n) is 5.05. The van der Waals surface area contributed by atoms with E-state index in [-0.39, 0.29) is 54.3 Å². The largest absolute Gasteiger partial charge is 0.445 e. The van der Waals surface area contributed by atoms with Gasteiger partial charge in [-0.15, -0.1) is 0 Å². The molecule has 1 aliphatic rings. The number of amides is 3. The summed E-state index contributed by atoms with van der Waals surface area (Å²) in [7, 11) is -4.28. The predicted octanol–water partition coefficient (Wildman–Crippen LogP) is 4.18. The van der Waals surface area contributed by atoms with Crippen molar-refractivity contribution in [2.45, 2.75) is 24.0 Å². The number of carbonyl (C=O) groups excluding carboxylic acids is 3. The molecule has 4 aromatic rings. The second-order valence-electron chi connectivity index (χ2n) is 10.9. The Labute approximate surface area is 277 Å². The molecule has 0 aliphatic carbocycles. The number of nitrogens with one attached hydrogen (secondary N) is 1. The van der Waals surface area contributed by atoms with Crippen molar-refractivity contribution >= 4 is 33.7 Å². The van der Waals surface area contributed by atoms with Gasteiger partial charge in [-0.25, -0.2) is 4.79 Å². The van der Waals surface area contributed by atoms with Crippen LogP contribution in [0, 0.1) is 10.1 Å². The molecule has 13 nitrogen and oxygen atoms in total. The number of rotatable bonds is 11. The molecule has 0 radical (unpaired) electrons. The molecule has 0 unspecified atom stereocenters. The number of benzene rings is 4. The summed E-state index contributed by atoms with van der Waals surface area (Å²) in [5.74, 6) is -0.506. The fourth-order valence-corrected chi connectivity index (χ4v) is 5.98. The average Bonchev–Trinajstić information content (AvgIpc) is 3.11.